The van der Waals surface area contributed by atoms with Crippen molar-refractivity contribution in [2.24, 2.45) is 0 Å². The molecule has 6 heteroatoms. The van der Waals surface area contributed by atoms with Crippen molar-refractivity contribution in [1.82, 2.24) is 0 Å². The molecule has 0 aliphatic rings. The highest BCUT2D eigenvalue weighted by Gasteiger charge is 2.11. The number of nitrogen functional groups attached to an aromatic ring is 1. The molecule has 0 aliphatic heterocycles. The monoisotopic (exact) mass is 262 g/mol. The highest BCUT2D eigenvalue weighted by atomic mass is 35.5. The molecule has 1 rings (SSSR count). The minimum absolute atomic E-state index is 0.103. The van der Waals surface area contributed by atoms with Crippen molar-refractivity contribution >= 4 is 33.0 Å². The SMILES string of the molecule is CCCCS(=O)(=O)Nc1ccc(Cl)cc1N. The number of nitrogens with two attached hydrogens (primary N) is 1. The van der Waals surface area contributed by atoms with Gasteiger partial charge in [0.1, 0.15) is 0 Å². The molecule has 0 saturated carbocycles. The normalized spacial score (nSPS) is 11.4. The first kappa shape index (κ1) is 13.1. The van der Waals surface area contributed by atoms with Crippen LogP contribution in [0.1, 0.15) is 19.8 Å². The van der Waals surface area contributed by atoms with Crippen LogP contribution in [-0.2, 0) is 10.0 Å². The third-order valence-electron chi connectivity index (χ3n) is 2.05. The van der Waals surface area contributed by atoms with Crippen LogP contribution in [-0.4, -0.2) is 14.2 Å². The molecule has 0 heterocycles. The molecule has 0 aliphatic carbocycles. The Balaban J connectivity index is 2.80. The van der Waals surface area contributed by atoms with Crippen LogP contribution in [0.25, 0.3) is 0 Å². The van der Waals surface area contributed by atoms with Crippen LogP contribution in [0, 0.1) is 0 Å². The Labute approximate surface area is 101 Å². The van der Waals surface area contributed by atoms with Crippen LogP contribution in [0.3, 0.4) is 0 Å². The highest BCUT2D eigenvalue weighted by molar-refractivity contribution is 7.92. The molecule has 90 valence electrons. The fourth-order valence-corrected chi connectivity index (χ4v) is 2.65. The lowest BCUT2D eigenvalue weighted by Crippen LogP contribution is -2.17. The van der Waals surface area contributed by atoms with Crippen molar-refractivity contribution in [2.75, 3.05) is 16.2 Å². The smallest absolute Gasteiger partial charge is 0.232 e. The molecule has 16 heavy (non-hydrogen) atoms. The summed E-state index contributed by atoms with van der Waals surface area (Å²) < 4.78 is 25.6. The van der Waals surface area contributed by atoms with E-state index in [9.17, 15) is 8.42 Å². The largest absolute Gasteiger partial charge is 0.397 e. The fraction of sp³-hybridized carbons (Fsp3) is 0.400. The molecule has 0 bridgehead atoms. The Morgan fingerprint density at radius 1 is 1.44 bits per heavy atom. The highest BCUT2D eigenvalue weighted by Crippen LogP contribution is 2.23. The summed E-state index contributed by atoms with van der Waals surface area (Å²) in [5.41, 5.74) is 6.35. The van der Waals surface area contributed by atoms with Gasteiger partial charge in [-0.2, -0.15) is 0 Å². The standard InChI is InChI=1S/C10H15ClN2O2S/c1-2-3-6-16(14,15)13-10-5-4-8(11)7-9(10)12/h4-5,7,13H,2-3,6,12H2,1H3. The number of rotatable bonds is 5. The van der Waals surface area contributed by atoms with Crippen LogP contribution in [0.5, 0.6) is 0 Å². The predicted octanol–water partition coefficient (Wildman–Crippen LogP) is 2.46. The minimum atomic E-state index is -3.31. The van der Waals surface area contributed by atoms with Gasteiger partial charge in [0.2, 0.25) is 10.0 Å². The first-order chi connectivity index (χ1) is 7.44. The van der Waals surface area contributed by atoms with Gasteiger partial charge in [0.05, 0.1) is 17.1 Å². The second-order valence-electron chi connectivity index (χ2n) is 3.51. The number of hydrogen-bond acceptors (Lipinski definition) is 3. The third kappa shape index (κ3) is 3.90. The van der Waals surface area contributed by atoms with Gasteiger partial charge < -0.3 is 5.73 Å². The summed E-state index contributed by atoms with van der Waals surface area (Å²) in [5.74, 6) is 0.103. The number of benzene rings is 1. The summed E-state index contributed by atoms with van der Waals surface area (Å²) in [5, 5.41) is 0.481. The van der Waals surface area contributed by atoms with E-state index in [-0.39, 0.29) is 5.75 Å². The Bertz CT molecular complexity index is 460. The second kappa shape index (κ2) is 5.41. The fourth-order valence-electron chi connectivity index (χ4n) is 1.18. The molecule has 0 saturated heterocycles. The minimum Gasteiger partial charge on any atom is -0.397 e. The van der Waals surface area contributed by atoms with Crippen molar-refractivity contribution < 1.29 is 8.42 Å². The van der Waals surface area contributed by atoms with Gasteiger partial charge >= 0.3 is 0 Å². The lowest BCUT2D eigenvalue weighted by atomic mass is 10.3. The average molecular weight is 263 g/mol. The Morgan fingerprint density at radius 2 is 2.12 bits per heavy atom. The van der Waals surface area contributed by atoms with Gasteiger partial charge in [-0.15, -0.1) is 0 Å². The number of unbranched alkanes of at least 4 members (excludes halogenated alkanes) is 1. The van der Waals surface area contributed by atoms with E-state index < -0.39 is 10.0 Å². The summed E-state index contributed by atoms with van der Waals surface area (Å²) in [7, 11) is -3.31. The molecule has 0 spiro atoms. The molecular formula is C10H15ClN2O2S. The van der Waals surface area contributed by atoms with E-state index in [0.29, 0.717) is 22.8 Å². The maximum absolute atomic E-state index is 11.6. The lowest BCUT2D eigenvalue weighted by molar-refractivity contribution is 0.598. The summed E-state index contributed by atoms with van der Waals surface area (Å²) >= 11 is 5.71. The van der Waals surface area contributed by atoms with Crippen LogP contribution in [0.4, 0.5) is 11.4 Å². The van der Waals surface area contributed by atoms with Crippen molar-refractivity contribution in [2.45, 2.75) is 19.8 Å². The molecule has 0 amide bonds. The molecule has 1 aromatic carbocycles. The summed E-state index contributed by atoms with van der Waals surface area (Å²) in [6.45, 7) is 1.94. The molecule has 0 atom stereocenters. The maximum Gasteiger partial charge on any atom is 0.232 e. The number of halogens is 1. The Hall–Kier alpha value is -0.940. The zero-order chi connectivity index (χ0) is 12.2. The van der Waals surface area contributed by atoms with E-state index >= 15 is 0 Å². The van der Waals surface area contributed by atoms with E-state index in [0.717, 1.165) is 6.42 Å². The summed E-state index contributed by atoms with van der Waals surface area (Å²) in [6, 6.07) is 4.66. The van der Waals surface area contributed by atoms with Crippen molar-refractivity contribution in [3.63, 3.8) is 0 Å². The topological polar surface area (TPSA) is 72.2 Å². The quantitative estimate of drug-likeness (QED) is 0.801. The zero-order valence-electron chi connectivity index (χ0n) is 9.03. The van der Waals surface area contributed by atoms with Gasteiger partial charge in [0.15, 0.2) is 0 Å². The summed E-state index contributed by atoms with van der Waals surface area (Å²) in [4.78, 5) is 0. The van der Waals surface area contributed by atoms with E-state index in [2.05, 4.69) is 4.72 Å². The lowest BCUT2D eigenvalue weighted by Gasteiger charge is -2.09. The van der Waals surface area contributed by atoms with Gasteiger partial charge in [0, 0.05) is 5.02 Å². The Kier molecular flexibility index (Phi) is 4.44. The first-order valence-electron chi connectivity index (χ1n) is 5.00. The molecule has 0 aromatic heterocycles. The second-order valence-corrected chi connectivity index (χ2v) is 5.78. The van der Waals surface area contributed by atoms with Crippen molar-refractivity contribution in [3.05, 3.63) is 23.2 Å². The van der Waals surface area contributed by atoms with Crippen LogP contribution in [0.2, 0.25) is 5.02 Å². The molecular weight excluding hydrogens is 248 g/mol. The average Bonchev–Trinajstić information content (AvgIpc) is 2.19. The van der Waals surface area contributed by atoms with Gasteiger partial charge in [-0.25, -0.2) is 8.42 Å². The van der Waals surface area contributed by atoms with E-state index in [1.165, 1.54) is 6.07 Å². The van der Waals surface area contributed by atoms with Crippen molar-refractivity contribution in [1.29, 1.82) is 0 Å². The number of hydrogen-bond donors (Lipinski definition) is 2. The zero-order valence-corrected chi connectivity index (χ0v) is 10.6. The van der Waals surface area contributed by atoms with Crippen molar-refractivity contribution in [3.8, 4) is 0 Å². The number of anilines is 2. The molecule has 0 fully saturated rings. The molecule has 0 radical (unpaired) electrons. The van der Waals surface area contributed by atoms with Gasteiger partial charge in [-0.3, -0.25) is 4.72 Å². The maximum atomic E-state index is 11.6. The third-order valence-corrected chi connectivity index (χ3v) is 3.64. The summed E-state index contributed by atoms with van der Waals surface area (Å²) in [6.07, 6.45) is 1.46. The van der Waals surface area contributed by atoms with Gasteiger partial charge in [-0.1, -0.05) is 24.9 Å². The van der Waals surface area contributed by atoms with Crippen LogP contribution >= 0.6 is 11.6 Å². The van der Waals surface area contributed by atoms with Crippen LogP contribution < -0.4 is 10.5 Å². The predicted molar refractivity (Wildman–Crippen MR) is 68.2 cm³/mol. The molecule has 3 N–H and O–H groups in total. The number of nitrogens with one attached hydrogen (secondary N) is 1. The molecule has 4 nitrogen and oxygen atoms in total. The van der Waals surface area contributed by atoms with Gasteiger partial charge in [0.25, 0.3) is 0 Å². The van der Waals surface area contributed by atoms with Crippen LogP contribution in [0.15, 0.2) is 18.2 Å². The van der Waals surface area contributed by atoms with E-state index in [1.54, 1.807) is 12.1 Å². The molecule has 1 aromatic rings. The number of sulfonamides is 1. The first-order valence-corrected chi connectivity index (χ1v) is 7.03. The Morgan fingerprint density at radius 3 is 2.69 bits per heavy atom. The van der Waals surface area contributed by atoms with Gasteiger partial charge in [-0.05, 0) is 24.6 Å². The van der Waals surface area contributed by atoms with E-state index in [4.69, 9.17) is 17.3 Å². The molecule has 0 unspecified atom stereocenters. The van der Waals surface area contributed by atoms with E-state index in [1.807, 2.05) is 6.92 Å².